The van der Waals surface area contributed by atoms with E-state index in [0.717, 1.165) is 5.56 Å². The van der Waals surface area contributed by atoms with Gasteiger partial charge in [-0.1, -0.05) is 42.0 Å². The number of aryl methyl sites for hydroxylation is 1. The summed E-state index contributed by atoms with van der Waals surface area (Å²) in [7, 11) is 0. The predicted molar refractivity (Wildman–Crippen MR) is 111 cm³/mol. The largest absolute Gasteiger partial charge is 0.489 e. The van der Waals surface area contributed by atoms with Gasteiger partial charge in [-0.3, -0.25) is 4.79 Å². The zero-order valence-corrected chi connectivity index (χ0v) is 16.3. The fourth-order valence-corrected chi connectivity index (χ4v) is 2.56. The van der Waals surface area contributed by atoms with Crippen LogP contribution in [0.25, 0.3) is 0 Å². The van der Waals surface area contributed by atoms with Crippen molar-refractivity contribution >= 4 is 17.4 Å². The summed E-state index contributed by atoms with van der Waals surface area (Å²) in [6, 6.07) is 19.0. The highest BCUT2D eigenvalue weighted by molar-refractivity contribution is 6.03. The van der Waals surface area contributed by atoms with Crippen molar-refractivity contribution in [2.75, 3.05) is 10.6 Å². The van der Waals surface area contributed by atoms with Crippen molar-refractivity contribution in [3.05, 3.63) is 77.5 Å². The summed E-state index contributed by atoms with van der Waals surface area (Å²) in [6.45, 7) is 6.57. The van der Waals surface area contributed by atoms with Crippen LogP contribution in [0.5, 0.6) is 5.75 Å². The maximum atomic E-state index is 12.5. The molecule has 0 saturated heterocycles. The Labute approximate surface area is 165 Å². The van der Waals surface area contributed by atoms with Crippen molar-refractivity contribution in [3.63, 3.8) is 0 Å². The molecule has 0 unspecified atom stereocenters. The molecule has 1 amide bonds. The smallest absolute Gasteiger partial charge is 0.276 e. The minimum Gasteiger partial charge on any atom is -0.489 e. The minimum absolute atomic E-state index is 0.0109. The van der Waals surface area contributed by atoms with E-state index in [1.807, 2.05) is 32.0 Å². The second-order valence-electron chi connectivity index (χ2n) is 6.76. The Kier molecular flexibility index (Phi) is 6.22. The van der Waals surface area contributed by atoms with Crippen molar-refractivity contribution in [1.29, 1.82) is 0 Å². The van der Waals surface area contributed by atoms with Crippen molar-refractivity contribution in [3.8, 4) is 5.75 Å². The van der Waals surface area contributed by atoms with Crippen LogP contribution in [-0.4, -0.2) is 22.2 Å². The number of carbonyl (C=O) groups excluding carboxylic acids is 1. The molecular weight excluding hydrogens is 352 g/mol. The van der Waals surface area contributed by atoms with E-state index in [-0.39, 0.29) is 17.7 Å². The SMILES string of the molecule is Cc1ccc(CNc2ccc(C(=O)Nc3ccccc3OC(C)C)nn2)cc1. The first kappa shape index (κ1) is 19.4. The van der Waals surface area contributed by atoms with Gasteiger partial charge in [0.05, 0.1) is 11.8 Å². The third-order valence-corrected chi connectivity index (χ3v) is 3.99. The van der Waals surface area contributed by atoms with Gasteiger partial charge in [0, 0.05) is 6.54 Å². The molecule has 0 fully saturated rings. The predicted octanol–water partition coefficient (Wildman–Crippen LogP) is 4.44. The van der Waals surface area contributed by atoms with E-state index in [2.05, 4.69) is 52.0 Å². The lowest BCUT2D eigenvalue weighted by atomic mass is 10.1. The fourth-order valence-electron chi connectivity index (χ4n) is 2.56. The maximum Gasteiger partial charge on any atom is 0.276 e. The second kappa shape index (κ2) is 8.99. The lowest BCUT2D eigenvalue weighted by Crippen LogP contribution is -2.16. The first-order chi connectivity index (χ1) is 13.5. The maximum absolute atomic E-state index is 12.5. The number of hydrogen-bond donors (Lipinski definition) is 2. The molecule has 0 atom stereocenters. The summed E-state index contributed by atoms with van der Waals surface area (Å²) in [5.41, 5.74) is 3.21. The number of aromatic nitrogens is 2. The number of hydrogen-bond acceptors (Lipinski definition) is 5. The van der Waals surface area contributed by atoms with Crippen molar-refractivity contribution in [2.24, 2.45) is 0 Å². The van der Waals surface area contributed by atoms with Gasteiger partial charge in [-0.25, -0.2) is 0 Å². The number of rotatable bonds is 7. The van der Waals surface area contributed by atoms with Crippen molar-refractivity contribution in [2.45, 2.75) is 33.4 Å². The molecule has 1 heterocycles. The topological polar surface area (TPSA) is 76.1 Å². The highest BCUT2D eigenvalue weighted by atomic mass is 16.5. The molecule has 0 aliphatic heterocycles. The molecule has 3 aromatic rings. The zero-order valence-electron chi connectivity index (χ0n) is 16.3. The first-order valence-corrected chi connectivity index (χ1v) is 9.21. The number of anilines is 2. The standard InChI is InChI=1S/C22H24N4O2/c1-15(2)28-20-7-5-4-6-18(20)24-22(27)19-12-13-21(26-25-19)23-14-17-10-8-16(3)9-11-17/h4-13,15H,14H2,1-3H3,(H,23,26)(H,24,27). The second-order valence-corrected chi connectivity index (χ2v) is 6.76. The van der Waals surface area contributed by atoms with E-state index in [1.165, 1.54) is 5.56 Å². The lowest BCUT2D eigenvalue weighted by Gasteiger charge is -2.14. The molecule has 0 saturated carbocycles. The summed E-state index contributed by atoms with van der Waals surface area (Å²) in [4.78, 5) is 12.5. The third kappa shape index (κ3) is 5.30. The van der Waals surface area contributed by atoms with E-state index in [1.54, 1.807) is 18.2 Å². The van der Waals surface area contributed by atoms with E-state index in [0.29, 0.717) is 23.8 Å². The van der Waals surface area contributed by atoms with Gasteiger partial charge in [-0.15, -0.1) is 10.2 Å². The van der Waals surface area contributed by atoms with Gasteiger partial charge in [-0.05, 0) is 50.6 Å². The van der Waals surface area contributed by atoms with Gasteiger partial charge in [-0.2, -0.15) is 0 Å². The minimum atomic E-state index is -0.336. The average molecular weight is 376 g/mol. The number of nitrogens with one attached hydrogen (secondary N) is 2. The molecule has 6 heteroatoms. The van der Waals surface area contributed by atoms with Gasteiger partial charge in [0.2, 0.25) is 0 Å². The van der Waals surface area contributed by atoms with Gasteiger partial charge < -0.3 is 15.4 Å². The van der Waals surface area contributed by atoms with Crippen LogP contribution in [0, 0.1) is 6.92 Å². The molecule has 2 N–H and O–H groups in total. The molecule has 28 heavy (non-hydrogen) atoms. The number of para-hydroxylation sites is 2. The lowest BCUT2D eigenvalue weighted by molar-refractivity contribution is 0.102. The Morgan fingerprint density at radius 3 is 2.43 bits per heavy atom. The average Bonchev–Trinajstić information content (AvgIpc) is 2.69. The Hall–Kier alpha value is -3.41. The summed E-state index contributed by atoms with van der Waals surface area (Å²) in [6.07, 6.45) is 0.0109. The van der Waals surface area contributed by atoms with Crippen LogP contribution in [0.15, 0.2) is 60.7 Å². The fraction of sp³-hybridized carbons (Fsp3) is 0.227. The Balaban J connectivity index is 1.61. The van der Waals surface area contributed by atoms with Crippen LogP contribution in [0.2, 0.25) is 0 Å². The normalized spacial score (nSPS) is 10.6. The Bertz CT molecular complexity index is 922. The van der Waals surface area contributed by atoms with Gasteiger partial charge >= 0.3 is 0 Å². The number of ether oxygens (including phenoxy) is 1. The molecule has 0 bridgehead atoms. The van der Waals surface area contributed by atoms with E-state index in [9.17, 15) is 4.79 Å². The number of carbonyl (C=O) groups is 1. The summed E-state index contributed by atoms with van der Waals surface area (Å²) >= 11 is 0. The molecule has 0 radical (unpaired) electrons. The molecule has 2 aromatic carbocycles. The Morgan fingerprint density at radius 2 is 1.75 bits per heavy atom. The molecule has 0 spiro atoms. The molecule has 0 aliphatic carbocycles. The van der Waals surface area contributed by atoms with Gasteiger partial charge in [0.15, 0.2) is 5.69 Å². The first-order valence-electron chi connectivity index (χ1n) is 9.21. The number of nitrogens with zero attached hydrogens (tertiary/aromatic N) is 2. The van der Waals surface area contributed by atoms with Crippen molar-refractivity contribution in [1.82, 2.24) is 10.2 Å². The molecule has 0 aliphatic rings. The molecule has 1 aromatic heterocycles. The zero-order chi connectivity index (χ0) is 19.9. The molecule has 3 rings (SSSR count). The summed E-state index contributed by atoms with van der Waals surface area (Å²) in [5.74, 6) is 0.897. The molecular formula is C22H24N4O2. The van der Waals surface area contributed by atoms with Crippen LogP contribution in [0.4, 0.5) is 11.5 Å². The van der Waals surface area contributed by atoms with Crippen LogP contribution in [0.3, 0.4) is 0 Å². The van der Waals surface area contributed by atoms with E-state index in [4.69, 9.17) is 4.74 Å². The van der Waals surface area contributed by atoms with Crippen LogP contribution < -0.4 is 15.4 Å². The van der Waals surface area contributed by atoms with E-state index >= 15 is 0 Å². The third-order valence-electron chi connectivity index (χ3n) is 3.99. The number of amides is 1. The Morgan fingerprint density at radius 1 is 1.00 bits per heavy atom. The monoisotopic (exact) mass is 376 g/mol. The van der Waals surface area contributed by atoms with Crippen LogP contribution >= 0.6 is 0 Å². The van der Waals surface area contributed by atoms with E-state index < -0.39 is 0 Å². The van der Waals surface area contributed by atoms with Crippen LogP contribution in [0.1, 0.15) is 35.5 Å². The summed E-state index contributed by atoms with van der Waals surface area (Å²) in [5, 5.41) is 14.1. The number of benzene rings is 2. The highest BCUT2D eigenvalue weighted by Gasteiger charge is 2.12. The van der Waals surface area contributed by atoms with Crippen molar-refractivity contribution < 1.29 is 9.53 Å². The quantitative estimate of drug-likeness (QED) is 0.638. The highest BCUT2D eigenvalue weighted by Crippen LogP contribution is 2.25. The summed E-state index contributed by atoms with van der Waals surface area (Å²) < 4.78 is 5.72. The molecule has 6 nitrogen and oxygen atoms in total. The van der Waals surface area contributed by atoms with Gasteiger partial charge in [0.25, 0.3) is 5.91 Å². The van der Waals surface area contributed by atoms with Gasteiger partial charge in [0.1, 0.15) is 11.6 Å². The molecule has 144 valence electrons. The van der Waals surface area contributed by atoms with Crippen LogP contribution in [-0.2, 0) is 6.54 Å².